The maximum absolute atomic E-state index is 2.77. The topological polar surface area (TPSA) is 3.24 Å². The lowest BCUT2D eigenvalue weighted by Gasteiger charge is -2.41. The van der Waals surface area contributed by atoms with Gasteiger partial charge in [-0.3, -0.25) is 0 Å². The third-order valence-corrected chi connectivity index (χ3v) is 14.0. The second kappa shape index (κ2) is 11.8. The van der Waals surface area contributed by atoms with E-state index in [-0.39, 0.29) is 11.3 Å². The van der Waals surface area contributed by atoms with E-state index >= 15 is 0 Å². The van der Waals surface area contributed by atoms with Gasteiger partial charge in [0.05, 0.1) is 6.04 Å². The van der Waals surface area contributed by atoms with Gasteiger partial charge in [0, 0.05) is 41.0 Å². The Bertz CT molecular complexity index is 2540. The van der Waals surface area contributed by atoms with Crippen LogP contribution in [0.2, 0.25) is 0 Å². The number of rotatable bonds is 4. The highest BCUT2D eigenvalue weighted by Gasteiger charge is 2.54. The number of nitrogens with zero attached hydrogens (tertiary/aromatic N) is 1. The fourth-order valence-corrected chi connectivity index (χ4v) is 11.4. The van der Waals surface area contributed by atoms with E-state index in [1.54, 1.807) is 5.57 Å². The zero-order valence-electron chi connectivity index (χ0n) is 31.8. The Morgan fingerprint density at radius 3 is 2.06 bits per heavy atom. The molecule has 0 bridgehead atoms. The number of fused-ring (bicyclic) bond motifs is 12. The quantitative estimate of drug-likeness (QED) is 0.205. The molecular formula is C53H47N. The molecule has 264 valence electrons. The molecule has 0 aromatic heterocycles. The summed E-state index contributed by atoms with van der Waals surface area (Å²) in [6.07, 6.45) is 26.4. The van der Waals surface area contributed by atoms with Crippen LogP contribution < -0.4 is 4.90 Å². The average Bonchev–Trinajstić information content (AvgIpc) is 3.54. The third-order valence-electron chi connectivity index (χ3n) is 14.0. The van der Waals surface area contributed by atoms with Gasteiger partial charge in [0.15, 0.2) is 0 Å². The maximum atomic E-state index is 2.77. The molecule has 1 nitrogen and oxygen atoms in total. The normalized spacial score (nSPS) is 27.4. The Morgan fingerprint density at radius 2 is 1.33 bits per heavy atom. The van der Waals surface area contributed by atoms with Gasteiger partial charge in [-0.15, -0.1) is 0 Å². The highest BCUT2D eigenvalue weighted by molar-refractivity contribution is 5.90. The van der Waals surface area contributed by atoms with Gasteiger partial charge in [-0.25, -0.2) is 0 Å². The minimum Gasteiger partial charge on any atom is -0.337 e. The third kappa shape index (κ3) is 4.63. The first-order valence-corrected chi connectivity index (χ1v) is 20.2. The summed E-state index contributed by atoms with van der Waals surface area (Å²) in [5.41, 5.74) is 21.4. The van der Waals surface area contributed by atoms with E-state index in [2.05, 4.69) is 184 Å². The van der Waals surface area contributed by atoms with E-state index in [4.69, 9.17) is 0 Å². The zero-order valence-corrected chi connectivity index (χ0v) is 31.8. The number of anilines is 1. The van der Waals surface area contributed by atoms with Crippen molar-refractivity contribution in [1.82, 2.24) is 0 Å². The van der Waals surface area contributed by atoms with Crippen LogP contribution in [0.5, 0.6) is 0 Å². The van der Waals surface area contributed by atoms with Gasteiger partial charge in [0.25, 0.3) is 0 Å². The summed E-state index contributed by atoms with van der Waals surface area (Å²) >= 11 is 0. The van der Waals surface area contributed by atoms with Crippen LogP contribution in [0.3, 0.4) is 0 Å². The van der Waals surface area contributed by atoms with E-state index in [0.717, 1.165) is 6.42 Å². The lowest BCUT2D eigenvalue weighted by molar-refractivity contribution is 0.331. The predicted octanol–water partition coefficient (Wildman–Crippen LogP) is 13.2. The minimum atomic E-state index is 0.0477. The second-order valence-electron chi connectivity index (χ2n) is 17.3. The molecule has 0 spiro atoms. The summed E-state index contributed by atoms with van der Waals surface area (Å²) in [5.74, 6) is 1.77. The van der Waals surface area contributed by atoms with Crippen molar-refractivity contribution >= 4 is 11.3 Å². The number of hydrogen-bond donors (Lipinski definition) is 0. The highest BCUT2D eigenvalue weighted by atomic mass is 15.2. The van der Waals surface area contributed by atoms with Gasteiger partial charge in [0.1, 0.15) is 0 Å². The summed E-state index contributed by atoms with van der Waals surface area (Å²) in [7, 11) is 0. The predicted molar refractivity (Wildman–Crippen MR) is 226 cm³/mol. The summed E-state index contributed by atoms with van der Waals surface area (Å²) < 4.78 is 0. The van der Waals surface area contributed by atoms with Crippen LogP contribution >= 0.6 is 0 Å². The molecule has 4 aromatic rings. The van der Waals surface area contributed by atoms with E-state index < -0.39 is 0 Å². The Morgan fingerprint density at radius 1 is 0.648 bits per heavy atom. The van der Waals surface area contributed by atoms with Crippen LogP contribution in [-0.2, 0) is 5.41 Å². The van der Waals surface area contributed by atoms with Crippen LogP contribution in [0.1, 0.15) is 74.6 Å². The van der Waals surface area contributed by atoms with Crippen LogP contribution in [0, 0.1) is 17.8 Å². The molecule has 0 amide bonds. The van der Waals surface area contributed by atoms with Crippen LogP contribution in [-0.4, -0.2) is 6.04 Å². The van der Waals surface area contributed by atoms with Gasteiger partial charge < -0.3 is 4.90 Å². The van der Waals surface area contributed by atoms with Crippen molar-refractivity contribution in [2.45, 2.75) is 63.8 Å². The van der Waals surface area contributed by atoms with Crippen molar-refractivity contribution in [2.24, 2.45) is 17.8 Å². The Hall–Kier alpha value is -5.40. The molecule has 1 heteroatoms. The molecule has 7 aliphatic rings. The lowest BCUT2D eigenvalue weighted by atomic mass is 9.68. The molecule has 7 aliphatic carbocycles. The van der Waals surface area contributed by atoms with E-state index in [1.165, 1.54) is 84.6 Å². The fourth-order valence-electron chi connectivity index (χ4n) is 11.4. The summed E-state index contributed by atoms with van der Waals surface area (Å²) in [5, 5.41) is 0. The molecule has 5 unspecified atom stereocenters. The number of hydrogen-bond acceptors (Lipinski definition) is 1. The molecule has 54 heavy (non-hydrogen) atoms. The monoisotopic (exact) mass is 697 g/mol. The molecule has 0 saturated heterocycles. The molecule has 4 aromatic carbocycles. The molecule has 11 rings (SSSR count). The highest BCUT2D eigenvalue weighted by Crippen LogP contribution is 2.60. The van der Waals surface area contributed by atoms with Crippen molar-refractivity contribution in [3.05, 3.63) is 202 Å². The van der Waals surface area contributed by atoms with Crippen LogP contribution in [0.25, 0.3) is 27.8 Å². The molecule has 0 heterocycles. The Labute approximate surface area is 320 Å². The molecule has 0 radical (unpaired) electrons. The van der Waals surface area contributed by atoms with Crippen molar-refractivity contribution < 1.29 is 0 Å². The summed E-state index contributed by atoms with van der Waals surface area (Å²) in [6, 6.07) is 35.2. The molecular weight excluding hydrogens is 651 g/mol. The minimum absolute atomic E-state index is 0.0477. The maximum Gasteiger partial charge on any atom is 0.0659 e. The van der Waals surface area contributed by atoms with Crippen molar-refractivity contribution in [2.75, 3.05) is 4.90 Å². The standard InChI is InChI=1S/C53H47N/c1-32-21-23-34(24-22-32)35-29-47-48(30-35)52(47)54(50-28-27-45-44-19-11-12-20-49(44)53(3,4)51(45)33(50)2)36-25-26-43-41-17-8-7-15-39(41)37-13-5-6-14-38(37)40-16-9-10-18-42(40)46(43)31-36/h5-21,23,25-31,33,39,41,47,51-52H,22,24H2,1-4H3/t33?,39?,41-,47?,51?,52?/m1/s1. The first-order valence-electron chi connectivity index (χ1n) is 20.2. The molecule has 1 saturated carbocycles. The van der Waals surface area contributed by atoms with Crippen molar-refractivity contribution in [3.63, 3.8) is 0 Å². The molecule has 0 N–H and O–H groups in total. The van der Waals surface area contributed by atoms with Crippen LogP contribution in [0.15, 0.2) is 180 Å². The van der Waals surface area contributed by atoms with Gasteiger partial charge >= 0.3 is 0 Å². The van der Waals surface area contributed by atoms with E-state index in [0.29, 0.717) is 29.7 Å². The number of allylic oxidation sites excluding steroid dienone is 14. The molecule has 0 aliphatic heterocycles. The second-order valence-corrected chi connectivity index (χ2v) is 17.3. The van der Waals surface area contributed by atoms with E-state index in [9.17, 15) is 0 Å². The van der Waals surface area contributed by atoms with Crippen LogP contribution in [0.4, 0.5) is 5.69 Å². The average molecular weight is 698 g/mol. The smallest absolute Gasteiger partial charge is 0.0659 e. The van der Waals surface area contributed by atoms with Gasteiger partial charge in [-0.2, -0.15) is 0 Å². The number of benzene rings is 4. The van der Waals surface area contributed by atoms with E-state index in [1.807, 2.05) is 0 Å². The van der Waals surface area contributed by atoms with Gasteiger partial charge in [-0.1, -0.05) is 160 Å². The van der Waals surface area contributed by atoms with Crippen molar-refractivity contribution in [3.8, 4) is 22.3 Å². The SMILES string of the molecule is CC1=CC=C(C2=CC3C(=C2)C3N(C2=CC=C3c4ccccc4C(C)(C)C3C2C)c2ccc3c(c2)-c2ccccc2-c2ccccc2C2C=CC=C[C@@H]32)CC1. The lowest BCUT2D eigenvalue weighted by Crippen LogP contribution is -2.38. The largest absolute Gasteiger partial charge is 0.337 e. The summed E-state index contributed by atoms with van der Waals surface area (Å²) in [6.45, 7) is 9.70. The summed E-state index contributed by atoms with van der Waals surface area (Å²) in [4.78, 5) is 2.77. The molecule has 6 atom stereocenters. The molecule has 1 fully saturated rings. The van der Waals surface area contributed by atoms with Gasteiger partial charge in [0.2, 0.25) is 0 Å². The Balaban J connectivity index is 1.08. The van der Waals surface area contributed by atoms with Gasteiger partial charge in [-0.05, 0) is 110 Å². The Kier molecular flexibility index (Phi) is 7.01. The van der Waals surface area contributed by atoms with Crippen molar-refractivity contribution in [1.29, 1.82) is 0 Å². The zero-order chi connectivity index (χ0) is 36.3. The fraction of sp³-hybridized carbons (Fsp3) is 0.245. The first kappa shape index (κ1) is 32.1. The first-order chi connectivity index (χ1) is 26.4.